The van der Waals surface area contributed by atoms with Crippen molar-refractivity contribution in [2.45, 2.75) is 13.0 Å². The van der Waals surface area contributed by atoms with Gasteiger partial charge >= 0.3 is 0 Å². The van der Waals surface area contributed by atoms with Crippen LogP contribution < -0.4 is 5.32 Å². The molecule has 0 spiro atoms. The predicted molar refractivity (Wildman–Crippen MR) is 70.0 cm³/mol. The van der Waals surface area contributed by atoms with Gasteiger partial charge in [-0.15, -0.1) is 11.6 Å². The van der Waals surface area contributed by atoms with Crippen molar-refractivity contribution >= 4 is 29.1 Å². The van der Waals surface area contributed by atoms with Crippen LogP contribution in [0.25, 0.3) is 0 Å². The Labute approximate surface area is 111 Å². The molecule has 1 rings (SSSR count). The molecule has 1 aromatic rings. The molecule has 0 saturated heterocycles. The van der Waals surface area contributed by atoms with E-state index in [1.54, 1.807) is 25.3 Å². The van der Waals surface area contributed by atoms with Crippen LogP contribution in [0.5, 0.6) is 0 Å². The summed E-state index contributed by atoms with van der Waals surface area (Å²) >= 11 is 11.6. The quantitative estimate of drug-likeness (QED) is 0.839. The van der Waals surface area contributed by atoms with Gasteiger partial charge in [0, 0.05) is 23.6 Å². The van der Waals surface area contributed by atoms with Crippen molar-refractivity contribution in [3.63, 3.8) is 0 Å². The summed E-state index contributed by atoms with van der Waals surface area (Å²) in [5, 5.41) is 3.33. The van der Waals surface area contributed by atoms with E-state index in [1.165, 1.54) is 0 Å². The maximum Gasteiger partial charge on any atom is 0.251 e. The van der Waals surface area contributed by atoms with Gasteiger partial charge in [-0.1, -0.05) is 11.6 Å². The Morgan fingerprint density at radius 1 is 1.47 bits per heavy atom. The van der Waals surface area contributed by atoms with Crippen LogP contribution in [0, 0.1) is 6.92 Å². The Kier molecular flexibility index (Phi) is 5.75. The minimum Gasteiger partial charge on any atom is -0.383 e. The molecule has 0 fully saturated rings. The smallest absolute Gasteiger partial charge is 0.251 e. The van der Waals surface area contributed by atoms with Crippen molar-refractivity contribution in [2.75, 3.05) is 19.6 Å². The highest BCUT2D eigenvalue weighted by molar-refractivity contribution is 6.31. The minimum absolute atomic E-state index is 0.196. The topological polar surface area (TPSA) is 38.3 Å². The van der Waals surface area contributed by atoms with E-state index in [0.717, 1.165) is 5.56 Å². The van der Waals surface area contributed by atoms with Crippen molar-refractivity contribution in [1.29, 1.82) is 0 Å². The summed E-state index contributed by atoms with van der Waals surface area (Å²) in [4.78, 5) is 11.9. The molecule has 1 atom stereocenters. The van der Waals surface area contributed by atoms with E-state index in [-0.39, 0.29) is 11.9 Å². The molecule has 1 amide bonds. The third-order valence-corrected chi connectivity index (χ3v) is 2.78. The largest absolute Gasteiger partial charge is 0.383 e. The Hall–Kier alpha value is -0.770. The van der Waals surface area contributed by atoms with Gasteiger partial charge in [0.05, 0.1) is 12.6 Å². The number of carbonyl (C=O) groups is 1. The molecule has 0 bridgehead atoms. The van der Waals surface area contributed by atoms with E-state index < -0.39 is 0 Å². The Morgan fingerprint density at radius 2 is 2.18 bits per heavy atom. The van der Waals surface area contributed by atoms with Gasteiger partial charge in [0.25, 0.3) is 5.91 Å². The zero-order chi connectivity index (χ0) is 12.8. The average molecular weight is 276 g/mol. The summed E-state index contributed by atoms with van der Waals surface area (Å²) in [6, 6.07) is 5.00. The number of hydrogen-bond acceptors (Lipinski definition) is 2. The van der Waals surface area contributed by atoms with Gasteiger partial charge in [0.15, 0.2) is 0 Å². The number of nitrogens with one attached hydrogen (secondary N) is 1. The summed E-state index contributed by atoms with van der Waals surface area (Å²) in [5.41, 5.74) is 1.47. The number of hydrogen-bond donors (Lipinski definition) is 1. The predicted octanol–water partition coefficient (Wildman–Crippen LogP) is 2.63. The zero-order valence-corrected chi connectivity index (χ0v) is 11.3. The summed E-state index contributed by atoms with van der Waals surface area (Å²) in [6.07, 6.45) is 0. The molecule has 3 nitrogen and oxygen atoms in total. The number of methoxy groups -OCH3 is 1. The standard InChI is InChI=1S/C12H15Cl2NO2/c1-8-3-9(5-10(14)4-8)12(16)15-11(6-13)7-17-2/h3-5,11H,6-7H2,1-2H3,(H,15,16). The van der Waals surface area contributed by atoms with Gasteiger partial charge in [0.1, 0.15) is 0 Å². The fourth-order valence-electron chi connectivity index (χ4n) is 1.46. The Morgan fingerprint density at radius 3 is 2.71 bits per heavy atom. The maximum absolute atomic E-state index is 11.9. The van der Waals surface area contributed by atoms with Crippen LogP contribution in [0.4, 0.5) is 0 Å². The summed E-state index contributed by atoms with van der Waals surface area (Å²) < 4.78 is 4.95. The van der Waals surface area contributed by atoms with Crippen LogP contribution in [-0.4, -0.2) is 31.5 Å². The molecular weight excluding hydrogens is 261 g/mol. The second-order valence-corrected chi connectivity index (χ2v) is 4.54. The number of alkyl halides is 1. The van der Waals surface area contributed by atoms with Crippen LogP contribution >= 0.6 is 23.2 Å². The molecule has 0 heterocycles. The molecule has 0 aromatic heterocycles. The van der Waals surface area contributed by atoms with E-state index in [9.17, 15) is 4.79 Å². The highest BCUT2D eigenvalue weighted by Gasteiger charge is 2.13. The SMILES string of the molecule is COCC(CCl)NC(=O)c1cc(C)cc(Cl)c1. The van der Waals surface area contributed by atoms with E-state index >= 15 is 0 Å². The van der Waals surface area contributed by atoms with Gasteiger partial charge in [0.2, 0.25) is 0 Å². The lowest BCUT2D eigenvalue weighted by Crippen LogP contribution is -2.39. The third kappa shape index (κ3) is 4.54. The molecule has 5 heteroatoms. The highest BCUT2D eigenvalue weighted by atomic mass is 35.5. The molecule has 1 aromatic carbocycles. The van der Waals surface area contributed by atoms with Gasteiger partial charge in [-0.25, -0.2) is 0 Å². The number of rotatable bonds is 5. The molecule has 0 aliphatic carbocycles. The van der Waals surface area contributed by atoms with Crippen LogP contribution in [0.15, 0.2) is 18.2 Å². The van der Waals surface area contributed by atoms with Gasteiger partial charge in [-0.3, -0.25) is 4.79 Å². The van der Waals surface area contributed by atoms with Crippen molar-refractivity contribution < 1.29 is 9.53 Å². The first kappa shape index (κ1) is 14.3. The fourth-order valence-corrected chi connectivity index (χ4v) is 1.92. The van der Waals surface area contributed by atoms with Crippen LogP contribution in [0.2, 0.25) is 5.02 Å². The minimum atomic E-state index is -0.201. The van der Waals surface area contributed by atoms with Crippen molar-refractivity contribution in [3.8, 4) is 0 Å². The normalized spacial score (nSPS) is 12.2. The van der Waals surface area contributed by atoms with E-state index in [4.69, 9.17) is 27.9 Å². The number of aryl methyl sites for hydroxylation is 1. The second kappa shape index (κ2) is 6.84. The van der Waals surface area contributed by atoms with Crippen molar-refractivity contribution in [1.82, 2.24) is 5.32 Å². The molecule has 0 aliphatic heterocycles. The van der Waals surface area contributed by atoms with E-state index in [2.05, 4.69) is 5.32 Å². The first-order chi connectivity index (χ1) is 8.06. The number of amides is 1. The Balaban J connectivity index is 2.75. The van der Waals surface area contributed by atoms with Crippen LogP contribution in [0.1, 0.15) is 15.9 Å². The molecule has 1 N–H and O–H groups in total. The average Bonchev–Trinajstić information content (AvgIpc) is 2.27. The lowest BCUT2D eigenvalue weighted by molar-refractivity contribution is 0.0907. The molecule has 17 heavy (non-hydrogen) atoms. The summed E-state index contributed by atoms with van der Waals surface area (Å²) in [6.45, 7) is 2.27. The maximum atomic E-state index is 11.9. The van der Waals surface area contributed by atoms with Crippen molar-refractivity contribution in [3.05, 3.63) is 34.3 Å². The van der Waals surface area contributed by atoms with E-state index in [1.807, 2.05) is 6.92 Å². The summed E-state index contributed by atoms with van der Waals surface area (Å²) in [5.74, 6) is 0.109. The second-order valence-electron chi connectivity index (χ2n) is 3.80. The van der Waals surface area contributed by atoms with E-state index in [0.29, 0.717) is 23.1 Å². The molecule has 0 aliphatic rings. The van der Waals surface area contributed by atoms with Gasteiger partial charge in [-0.2, -0.15) is 0 Å². The first-order valence-corrected chi connectivity index (χ1v) is 6.11. The Bertz CT molecular complexity index is 376. The third-order valence-electron chi connectivity index (χ3n) is 2.19. The van der Waals surface area contributed by atoms with Crippen LogP contribution in [-0.2, 0) is 4.74 Å². The van der Waals surface area contributed by atoms with Gasteiger partial charge < -0.3 is 10.1 Å². The zero-order valence-electron chi connectivity index (χ0n) is 9.80. The molecular formula is C12H15Cl2NO2. The summed E-state index contributed by atoms with van der Waals surface area (Å²) in [7, 11) is 1.56. The van der Waals surface area contributed by atoms with Crippen molar-refractivity contribution in [2.24, 2.45) is 0 Å². The number of carbonyl (C=O) groups excluding carboxylic acids is 1. The lowest BCUT2D eigenvalue weighted by Gasteiger charge is -2.15. The fraction of sp³-hybridized carbons (Fsp3) is 0.417. The van der Waals surface area contributed by atoms with Crippen LogP contribution in [0.3, 0.4) is 0 Å². The number of benzene rings is 1. The van der Waals surface area contributed by atoms with Gasteiger partial charge in [-0.05, 0) is 30.7 Å². The number of halogens is 2. The highest BCUT2D eigenvalue weighted by Crippen LogP contribution is 2.14. The molecule has 0 saturated carbocycles. The monoisotopic (exact) mass is 275 g/mol. The molecule has 94 valence electrons. The molecule has 1 unspecified atom stereocenters. The first-order valence-electron chi connectivity index (χ1n) is 5.19. The number of ether oxygens (including phenoxy) is 1. The lowest BCUT2D eigenvalue weighted by atomic mass is 10.1. The molecule has 0 radical (unpaired) electrons.